The third-order valence-corrected chi connectivity index (χ3v) is 12.7. The van der Waals surface area contributed by atoms with Crippen molar-refractivity contribution in [2.45, 2.75) is 42.3 Å². The predicted octanol–water partition coefficient (Wildman–Crippen LogP) is 7.02. The van der Waals surface area contributed by atoms with E-state index in [0.717, 1.165) is 48.9 Å². The van der Waals surface area contributed by atoms with Crippen LogP contribution in [0.4, 0.5) is 18.9 Å². The number of aromatic nitrogens is 1. The number of anilines is 1. The van der Waals surface area contributed by atoms with Gasteiger partial charge in [0.05, 0.1) is 28.1 Å². The quantitative estimate of drug-likeness (QED) is 0.236. The van der Waals surface area contributed by atoms with Gasteiger partial charge in [0.15, 0.2) is 0 Å². The highest BCUT2D eigenvalue weighted by atomic mass is 32.2. The van der Waals surface area contributed by atoms with Gasteiger partial charge in [-0.15, -0.1) is 11.8 Å². The van der Waals surface area contributed by atoms with Crippen molar-refractivity contribution in [3.8, 4) is 5.75 Å². The van der Waals surface area contributed by atoms with Crippen LogP contribution in [0, 0.1) is 36.5 Å². The largest absolute Gasteiger partial charge is 0.489 e. The van der Waals surface area contributed by atoms with E-state index in [1.54, 1.807) is 0 Å². The van der Waals surface area contributed by atoms with E-state index in [-0.39, 0.29) is 33.8 Å². The monoisotopic (exact) mass is 648 g/mol. The molecule has 1 aromatic heterocycles. The normalized spacial score (nSPS) is 28.3. The lowest BCUT2D eigenvalue weighted by Gasteiger charge is -2.43. The number of hydrogen-bond acceptors (Lipinski definition) is 6. The fourth-order valence-electron chi connectivity index (χ4n) is 8.31. The van der Waals surface area contributed by atoms with Gasteiger partial charge in [0.1, 0.15) is 12.4 Å². The van der Waals surface area contributed by atoms with Crippen LogP contribution in [0.2, 0.25) is 0 Å². The van der Waals surface area contributed by atoms with Gasteiger partial charge >= 0.3 is 11.0 Å². The maximum absolute atomic E-state index is 14.0. The Morgan fingerprint density at radius 2 is 1.60 bits per heavy atom. The van der Waals surface area contributed by atoms with Gasteiger partial charge in [-0.25, -0.2) is 4.90 Å². The molecule has 11 heteroatoms. The van der Waals surface area contributed by atoms with Crippen LogP contribution in [0.15, 0.2) is 82.6 Å². The van der Waals surface area contributed by atoms with Gasteiger partial charge in [0.25, 0.3) is 0 Å². The maximum Gasteiger partial charge on any atom is 0.418 e. The van der Waals surface area contributed by atoms with Crippen molar-refractivity contribution < 1.29 is 27.5 Å². The summed E-state index contributed by atoms with van der Waals surface area (Å²) >= 11 is 2.69. The number of alkyl halides is 3. The summed E-state index contributed by atoms with van der Waals surface area (Å²) in [5, 5.41) is 0.656. The first-order chi connectivity index (χ1) is 21.6. The number of benzene rings is 3. The molecule has 2 aliphatic carbocycles. The van der Waals surface area contributed by atoms with Crippen LogP contribution in [0.25, 0.3) is 0 Å². The molecule has 4 aromatic rings. The van der Waals surface area contributed by atoms with Crippen molar-refractivity contribution >= 4 is 40.6 Å². The molecular weight excluding hydrogens is 622 g/mol. The predicted molar refractivity (Wildman–Crippen MR) is 164 cm³/mol. The first-order valence-electron chi connectivity index (χ1n) is 14.8. The Balaban J connectivity index is 1.19. The molecule has 5 unspecified atom stereocenters. The minimum absolute atomic E-state index is 0.0991. The lowest BCUT2D eigenvalue weighted by molar-refractivity contribution is -0.137. The van der Waals surface area contributed by atoms with Gasteiger partial charge in [-0.05, 0) is 60.4 Å². The zero-order valence-electron chi connectivity index (χ0n) is 23.9. The van der Waals surface area contributed by atoms with Crippen molar-refractivity contribution in [1.82, 2.24) is 4.98 Å². The second-order valence-electron chi connectivity index (χ2n) is 12.2. The number of para-hydroxylation sites is 2. The number of hydrogen-bond donors (Lipinski definition) is 1. The number of aryl methyl sites for hydroxylation is 1. The molecule has 230 valence electrons. The average Bonchev–Trinajstić information content (AvgIpc) is 3.75. The molecule has 0 spiro atoms. The van der Waals surface area contributed by atoms with Crippen LogP contribution in [-0.4, -0.2) is 22.0 Å². The molecule has 2 aliphatic heterocycles. The number of nitrogens with one attached hydrogen (secondary N) is 1. The molecule has 2 saturated carbocycles. The van der Waals surface area contributed by atoms with E-state index in [1.807, 2.05) is 55.5 Å². The first-order valence-corrected chi connectivity index (χ1v) is 16.5. The summed E-state index contributed by atoms with van der Waals surface area (Å²) in [6.07, 6.45) is -4.09. The number of rotatable bonds is 5. The van der Waals surface area contributed by atoms with Gasteiger partial charge < -0.3 is 9.72 Å². The summed E-state index contributed by atoms with van der Waals surface area (Å²) in [5.74, 6) is -2.70. The molecule has 3 fully saturated rings. The number of H-pyrrole nitrogens is 1. The third-order valence-electron chi connectivity index (χ3n) is 10.1. The van der Waals surface area contributed by atoms with E-state index >= 15 is 0 Å². The second kappa shape index (κ2) is 10.3. The first kappa shape index (κ1) is 28.6. The summed E-state index contributed by atoms with van der Waals surface area (Å²) in [6.45, 7) is 2.38. The van der Waals surface area contributed by atoms with Crippen LogP contribution in [0.5, 0.6) is 5.75 Å². The van der Waals surface area contributed by atoms with Crippen molar-refractivity contribution in [2.75, 3.05) is 4.90 Å². The van der Waals surface area contributed by atoms with Crippen LogP contribution < -0.4 is 14.5 Å². The summed E-state index contributed by atoms with van der Waals surface area (Å²) in [5.41, 5.74) is 1.66. The van der Waals surface area contributed by atoms with E-state index in [4.69, 9.17) is 4.74 Å². The molecule has 45 heavy (non-hydrogen) atoms. The van der Waals surface area contributed by atoms with Crippen molar-refractivity contribution in [2.24, 2.45) is 29.6 Å². The molecular formula is C34H27F3N2O4S2. The summed E-state index contributed by atoms with van der Waals surface area (Å²) in [7, 11) is 0. The van der Waals surface area contributed by atoms with E-state index < -0.39 is 41.1 Å². The van der Waals surface area contributed by atoms with E-state index in [2.05, 4.69) is 4.98 Å². The standard InChI is InChI=1S/C34H27F3N2O4S2/c1-16-8-2-3-9-17(16)15-43-23-13-7-4-10-18(23)24-25-19-14-20(28(25)44-30-29(24)45-33(42)38-30)27-26(19)31(40)39(32(27)41)22-12-6-5-11-21(22)34(35,36)37/h2-13,19-20,24-28H,14-15H2,1H3,(H,38,42)/t19-,20-,24?,25?,26?,27?,28?/m1/s1. The van der Waals surface area contributed by atoms with Gasteiger partial charge in [-0.2, -0.15) is 13.2 Å². The minimum atomic E-state index is -4.72. The second-order valence-corrected chi connectivity index (χ2v) is 14.4. The zero-order valence-corrected chi connectivity index (χ0v) is 25.5. The molecule has 3 aromatic carbocycles. The summed E-state index contributed by atoms with van der Waals surface area (Å²) in [4.78, 5) is 45.1. The molecule has 0 radical (unpaired) electrons. The number of imide groups is 1. The van der Waals surface area contributed by atoms with Gasteiger partial charge in [0.2, 0.25) is 11.8 Å². The zero-order chi connectivity index (χ0) is 31.2. The number of halogens is 3. The fraction of sp³-hybridized carbons (Fsp3) is 0.324. The molecule has 3 heterocycles. The molecule has 2 amide bonds. The number of carbonyl (C=O) groups is 2. The van der Waals surface area contributed by atoms with E-state index in [0.29, 0.717) is 18.8 Å². The Kier molecular flexibility index (Phi) is 6.58. The SMILES string of the molecule is Cc1ccccc1COc1ccccc1C1c2sc(=O)[nH]c2SC2C1[C@H]1C[C@@H]2C2C(=O)N(c3ccccc3C(F)(F)F)C(=O)C21. The third kappa shape index (κ3) is 4.34. The lowest BCUT2D eigenvalue weighted by Crippen LogP contribution is -2.42. The van der Waals surface area contributed by atoms with Crippen LogP contribution >= 0.6 is 23.1 Å². The molecule has 7 atom stereocenters. The van der Waals surface area contributed by atoms with Crippen molar-refractivity contribution in [3.05, 3.63) is 110 Å². The maximum atomic E-state index is 14.0. The highest BCUT2D eigenvalue weighted by Crippen LogP contribution is 2.69. The molecule has 1 N–H and O–H groups in total. The number of fused-ring (bicyclic) bond motifs is 9. The highest BCUT2D eigenvalue weighted by molar-refractivity contribution is 8.00. The molecule has 6 nitrogen and oxygen atoms in total. The molecule has 4 aliphatic rings. The highest BCUT2D eigenvalue weighted by Gasteiger charge is 2.70. The van der Waals surface area contributed by atoms with Gasteiger partial charge in [-0.1, -0.05) is 65.9 Å². The average molecular weight is 649 g/mol. The Labute approximate surface area is 264 Å². The van der Waals surface area contributed by atoms with E-state index in [1.165, 1.54) is 30.0 Å². The number of aromatic amines is 1. The Morgan fingerprint density at radius 3 is 2.38 bits per heavy atom. The number of thiazole rings is 1. The number of thioether (sulfide) groups is 1. The minimum Gasteiger partial charge on any atom is -0.489 e. The number of nitrogens with zero attached hydrogens (tertiary/aromatic N) is 1. The van der Waals surface area contributed by atoms with Crippen LogP contribution in [0.3, 0.4) is 0 Å². The number of ether oxygens (including phenoxy) is 1. The fourth-order valence-corrected chi connectivity index (χ4v) is 11.2. The van der Waals surface area contributed by atoms with Crippen molar-refractivity contribution in [1.29, 1.82) is 0 Å². The number of amides is 2. The lowest BCUT2D eigenvalue weighted by atomic mass is 9.68. The molecule has 1 saturated heterocycles. The Hall–Kier alpha value is -3.83. The van der Waals surface area contributed by atoms with Crippen molar-refractivity contribution in [3.63, 3.8) is 0 Å². The topological polar surface area (TPSA) is 79.5 Å². The molecule has 8 rings (SSSR count). The molecule has 2 bridgehead atoms. The Morgan fingerprint density at radius 1 is 0.911 bits per heavy atom. The van der Waals surface area contributed by atoms with Crippen LogP contribution in [-0.2, 0) is 22.4 Å². The smallest absolute Gasteiger partial charge is 0.418 e. The Bertz CT molecular complexity index is 1920. The summed E-state index contributed by atoms with van der Waals surface area (Å²) < 4.78 is 48.4. The van der Waals surface area contributed by atoms with Gasteiger partial charge in [-0.3, -0.25) is 14.4 Å². The number of carbonyl (C=O) groups excluding carboxylic acids is 2. The summed E-state index contributed by atoms with van der Waals surface area (Å²) in [6, 6.07) is 20.5. The van der Waals surface area contributed by atoms with Crippen LogP contribution in [0.1, 0.15) is 39.5 Å². The van der Waals surface area contributed by atoms with Gasteiger partial charge in [0, 0.05) is 21.6 Å². The van der Waals surface area contributed by atoms with E-state index in [9.17, 15) is 27.6 Å².